The number of carboxylic acid groups (broad SMARTS) is 1. The molecule has 1 fully saturated rings. The number of thiol groups is 1. The number of carbonyl (C=O) groups is 22. The number of primary amides is 2. The van der Waals surface area contributed by atoms with Gasteiger partial charge in [0.1, 0.15) is 97.2 Å². The van der Waals surface area contributed by atoms with E-state index in [1.807, 2.05) is 6.92 Å². The van der Waals surface area contributed by atoms with Gasteiger partial charge in [-0.2, -0.15) is 12.6 Å². The van der Waals surface area contributed by atoms with E-state index in [-0.39, 0.29) is 89.1 Å². The third-order valence-electron chi connectivity index (χ3n) is 24.7. The van der Waals surface area contributed by atoms with Crippen LogP contribution in [0, 0.1) is 46.8 Å². The van der Waals surface area contributed by atoms with E-state index in [9.17, 15) is 116 Å². The molecule has 53 heteroatoms. The summed E-state index contributed by atoms with van der Waals surface area (Å²) in [6.45, 7) is 19.0. The van der Waals surface area contributed by atoms with Crippen LogP contribution in [0.1, 0.15) is 192 Å². The minimum absolute atomic E-state index is 0.0156. The second-order valence-electron chi connectivity index (χ2n) is 37.3. The first-order chi connectivity index (χ1) is 68.8. The molecule has 0 spiro atoms. The number of nitrogens with two attached hydrogens (primary N) is 5. The van der Waals surface area contributed by atoms with Crippen LogP contribution in [-0.4, -0.2) is 316 Å². The number of guanidine groups is 1. The molecule has 0 aliphatic carbocycles. The molecular formula is C93H154N28O24S. The fourth-order valence-corrected chi connectivity index (χ4v) is 15.3. The maximum Gasteiger partial charge on any atom is 0.322 e. The molecule has 816 valence electrons. The van der Waals surface area contributed by atoms with E-state index in [2.05, 4.69) is 124 Å². The number of aliphatic carboxylic acids is 1. The second kappa shape index (κ2) is 64.9. The molecule has 0 radical (unpaired) electrons. The van der Waals surface area contributed by atoms with Crippen molar-refractivity contribution < 1.29 is 116 Å². The van der Waals surface area contributed by atoms with Crippen molar-refractivity contribution in [3.63, 3.8) is 0 Å². The number of hydrogen-bond donors (Lipinski definition) is 29. The van der Waals surface area contributed by atoms with Crippen molar-refractivity contribution in [2.24, 2.45) is 70.1 Å². The lowest BCUT2D eigenvalue weighted by atomic mass is 9.93. The lowest BCUT2D eigenvalue weighted by Crippen LogP contribution is -2.63. The van der Waals surface area contributed by atoms with E-state index in [1.54, 1.807) is 92.6 Å². The van der Waals surface area contributed by atoms with Crippen molar-refractivity contribution in [2.45, 2.75) is 290 Å². The summed E-state index contributed by atoms with van der Waals surface area (Å²) in [5.41, 5.74) is 29.2. The Balaban J connectivity index is 1.87. The van der Waals surface area contributed by atoms with Gasteiger partial charge < -0.3 is 150 Å². The number of carboxylic acids is 1. The molecule has 1 aromatic heterocycles. The van der Waals surface area contributed by atoms with Gasteiger partial charge in [0.2, 0.25) is 124 Å². The molecule has 0 bridgehead atoms. The highest BCUT2D eigenvalue weighted by Gasteiger charge is 2.43. The predicted molar refractivity (Wildman–Crippen MR) is 535 cm³/mol. The molecule has 1 aromatic carbocycles. The van der Waals surface area contributed by atoms with Crippen LogP contribution in [0.2, 0.25) is 0 Å². The first kappa shape index (κ1) is 126. The van der Waals surface area contributed by atoms with Crippen molar-refractivity contribution in [2.75, 3.05) is 58.2 Å². The Hall–Kier alpha value is -13.7. The smallest absolute Gasteiger partial charge is 0.322 e. The van der Waals surface area contributed by atoms with Crippen LogP contribution >= 0.6 is 12.6 Å². The molecule has 20 atom stereocenters. The maximum atomic E-state index is 15.0. The Kier molecular flexibility index (Phi) is 56.2. The van der Waals surface area contributed by atoms with E-state index in [1.165, 1.54) is 40.2 Å². The van der Waals surface area contributed by atoms with E-state index in [0.717, 1.165) is 4.90 Å². The average molecular weight is 2080 g/mol. The summed E-state index contributed by atoms with van der Waals surface area (Å²) in [4.78, 5) is 311. The summed E-state index contributed by atoms with van der Waals surface area (Å²) in [5.74, 6) is -26.4. The highest BCUT2D eigenvalue weighted by atomic mass is 32.1. The number of amides is 21. The number of benzene rings is 1. The molecule has 0 unspecified atom stereocenters. The number of rotatable bonds is 67. The number of aromatic amines is 1. The number of likely N-dealkylation sites (tertiary alicyclic amines) is 1. The third kappa shape index (κ3) is 43.7. The number of H-pyrrole nitrogens is 1. The number of aliphatic hydroxyl groups excluding tert-OH is 1. The average Bonchev–Trinajstić information content (AvgIpc) is 1.65. The third-order valence-corrected chi connectivity index (χ3v) is 25.1. The fraction of sp³-hybridized carbons (Fsp3) is 0.656. The minimum Gasteiger partial charge on any atom is -0.480 e. The Labute approximate surface area is 853 Å². The van der Waals surface area contributed by atoms with Crippen molar-refractivity contribution in [1.29, 1.82) is 5.41 Å². The monoisotopic (exact) mass is 2080 g/mol. The van der Waals surface area contributed by atoms with E-state index >= 15 is 0 Å². The molecule has 1 aliphatic heterocycles. The zero-order valence-corrected chi connectivity index (χ0v) is 86.3. The number of nitrogens with zero attached hydrogens (tertiary/aromatic N) is 2. The molecular weight excluding hydrogens is 1930 g/mol. The lowest BCUT2D eigenvalue weighted by molar-refractivity contribution is -0.140. The standard InChI is InChI=1S/C93H154N28O24S/c1-15-49(11)70(97)86(139)104-40-67(126)107-59(36-64(95)123)78(131)103-39-66(125)102-41-68(127)121-33-25-30-63(121)85(138)114-62(44-146)84(137)117-71(46(5)6)87(140)111-57(34-53-26-20-19-21-27-53)81(134)118-74(50(12)16-2)90(143)109-55(28-22-23-31-94)79(132)108-56(29-24-32-101-93(98)99)80(133)115-72(47(7)8)88(141)113-61(43-122)83(136)110-60(37-65(96)124)82(135)116-73(48(9)10)89(142)119-76(52(14)18-4)92(145)120-75(51(13)17-3)91(144)112-58(35-54-38-100-45-106-54)77(130)105-42-69(128)129/h19-21,26-27,38,45-52,55-63,70-76,122,146H,15-18,22-25,28-37,39-44,94,97H2,1-14H3,(H2,95,123)(H2,96,124)(H,100,106)(H,102,125)(H,103,131)(H,104,139)(H,105,130)(H,107,126)(H,108,132)(H,109,143)(H,110,136)(H,111,140)(H,112,144)(H,113,141)(H,114,138)(H,115,133)(H,116,135)(H,117,137)(H,118,134)(H,119,142)(H,120,145)(H,128,129)(H4,98,99,101)/t49-,50-,51-,52-,55-,56-,57-,58-,59-,60-,61-,62-,63-,70-,71-,72-,73-,74-,75-,76-/m0/s1. The summed E-state index contributed by atoms with van der Waals surface area (Å²) >= 11 is 4.33. The number of aliphatic hydroxyl groups is 1. The first-order valence-corrected chi connectivity index (χ1v) is 49.6. The van der Waals surface area contributed by atoms with Crippen LogP contribution in [0.5, 0.6) is 0 Å². The molecule has 146 heavy (non-hydrogen) atoms. The lowest BCUT2D eigenvalue weighted by Gasteiger charge is -2.31. The van der Waals surface area contributed by atoms with E-state index < -0.39 is 314 Å². The summed E-state index contributed by atoms with van der Waals surface area (Å²) in [6.07, 6.45) is 2.76. The van der Waals surface area contributed by atoms with Crippen LogP contribution in [0.3, 0.4) is 0 Å². The van der Waals surface area contributed by atoms with Gasteiger partial charge in [-0.25, -0.2) is 4.98 Å². The number of hydrogen-bond acceptors (Lipinski definition) is 28. The van der Waals surface area contributed by atoms with Gasteiger partial charge in [0.05, 0.1) is 51.5 Å². The summed E-state index contributed by atoms with van der Waals surface area (Å²) in [5, 5.41) is 75.5. The molecule has 1 saturated heterocycles. The molecule has 33 N–H and O–H groups in total. The molecule has 52 nitrogen and oxygen atoms in total. The summed E-state index contributed by atoms with van der Waals surface area (Å²) in [7, 11) is 0. The van der Waals surface area contributed by atoms with Gasteiger partial charge in [-0.3, -0.25) is 111 Å². The van der Waals surface area contributed by atoms with Crippen molar-refractivity contribution in [3.8, 4) is 0 Å². The van der Waals surface area contributed by atoms with E-state index in [0.29, 0.717) is 36.9 Å². The molecule has 3 rings (SSSR count). The van der Waals surface area contributed by atoms with Gasteiger partial charge in [-0.1, -0.05) is 153 Å². The van der Waals surface area contributed by atoms with Gasteiger partial charge in [0.15, 0.2) is 5.96 Å². The Morgan fingerprint density at radius 1 is 0.438 bits per heavy atom. The minimum atomic E-state index is -1.95. The maximum absolute atomic E-state index is 15.0. The zero-order valence-electron chi connectivity index (χ0n) is 85.4. The number of nitrogens with one attached hydrogen (secondary N) is 21. The second-order valence-corrected chi connectivity index (χ2v) is 37.6. The number of aromatic nitrogens is 2. The number of carbonyl (C=O) groups excluding carboxylic acids is 21. The van der Waals surface area contributed by atoms with Crippen molar-refractivity contribution >= 4 is 149 Å². The first-order valence-electron chi connectivity index (χ1n) is 49.0. The van der Waals surface area contributed by atoms with Gasteiger partial charge in [0.25, 0.3) is 0 Å². The number of imidazole rings is 1. The molecule has 2 heterocycles. The predicted octanol–water partition coefficient (Wildman–Crippen LogP) is -7.93. The Bertz CT molecular complexity index is 4750. The van der Waals surface area contributed by atoms with Crippen LogP contribution in [0.25, 0.3) is 0 Å². The van der Waals surface area contributed by atoms with Crippen molar-refractivity contribution in [3.05, 3.63) is 54.1 Å². The Morgan fingerprint density at radius 3 is 1.31 bits per heavy atom. The normalized spacial score (nSPS) is 16.1. The highest BCUT2D eigenvalue weighted by molar-refractivity contribution is 7.80. The van der Waals surface area contributed by atoms with Crippen molar-refractivity contribution in [1.82, 2.24) is 116 Å². The molecule has 21 amide bonds. The highest BCUT2D eigenvalue weighted by Crippen LogP contribution is 2.21. The van der Waals surface area contributed by atoms with Crippen LogP contribution in [0.4, 0.5) is 0 Å². The van der Waals surface area contributed by atoms with Gasteiger partial charge >= 0.3 is 5.97 Å². The van der Waals surface area contributed by atoms with Gasteiger partial charge in [-0.05, 0) is 98.5 Å². The molecule has 0 saturated carbocycles. The molecule has 1 aliphatic rings. The SMILES string of the molecule is CC[C@H](C)[C@H](N)C(=O)NCC(=O)N[C@@H](CC(N)=O)C(=O)NCC(=O)NCC(=O)N1CCC[C@H]1C(=O)N[C@@H](CS)C(=O)N[C@H](C(=O)N[C@@H](Cc1ccccc1)C(=O)N[C@H](C(=O)N[C@@H](CCCCN)C(=O)N[C@@H](CCCNC(=N)N)C(=O)N[C@H](C(=O)N[C@@H](CO)C(=O)N[C@@H](CC(N)=O)C(=O)N[C@H](C(=O)N[C@H](C(=O)N[C@H](C(=O)N[C@@H](Cc1cnc[nH]1)C(=O)NCC(=O)O)[C@@H](C)CC)[C@@H](C)CC)C(C)C)C(C)C)[C@@H](C)CC)C(C)C. The zero-order chi connectivity index (χ0) is 110. The summed E-state index contributed by atoms with van der Waals surface area (Å²) in [6, 6.07) is -15.3. The van der Waals surface area contributed by atoms with Crippen LogP contribution in [-0.2, 0) is 118 Å². The van der Waals surface area contributed by atoms with E-state index in [4.69, 9.17) is 34.1 Å². The molecule has 2 aromatic rings. The van der Waals surface area contributed by atoms with Crippen LogP contribution in [0.15, 0.2) is 42.9 Å². The van der Waals surface area contributed by atoms with Gasteiger partial charge in [-0.15, -0.1) is 0 Å². The fourth-order valence-electron chi connectivity index (χ4n) is 15.0. The largest absolute Gasteiger partial charge is 0.480 e. The van der Waals surface area contributed by atoms with Crippen LogP contribution < -0.4 is 130 Å². The number of unbranched alkanes of at least 4 members (excludes halogenated alkanes) is 1. The Morgan fingerprint density at radius 2 is 0.836 bits per heavy atom. The van der Waals surface area contributed by atoms with Gasteiger partial charge in [0, 0.05) is 43.6 Å². The quantitative estimate of drug-likeness (QED) is 0.0127. The topological polar surface area (TPSA) is 830 Å². The summed E-state index contributed by atoms with van der Waals surface area (Å²) < 4.78 is 0.